The molecule has 0 aromatic rings. The molecule has 0 N–H and O–H groups in total. The van der Waals surface area contributed by atoms with Gasteiger partial charge in [-0.3, -0.25) is 0 Å². The topological polar surface area (TPSA) is 0 Å². The van der Waals surface area contributed by atoms with Gasteiger partial charge in [-0.1, -0.05) is 50.2 Å². The summed E-state index contributed by atoms with van der Waals surface area (Å²) in [7, 11) is 2.52. The molecule has 0 nitrogen and oxygen atoms in total. The lowest BCUT2D eigenvalue weighted by Crippen LogP contribution is -2.26. The van der Waals surface area contributed by atoms with Crippen LogP contribution >= 0.6 is 0 Å². The van der Waals surface area contributed by atoms with E-state index in [1.54, 1.807) is 0 Å². The number of hydrogen-bond donors (Lipinski definition) is 0. The summed E-state index contributed by atoms with van der Waals surface area (Å²) in [4.78, 5) is 0. The summed E-state index contributed by atoms with van der Waals surface area (Å²) in [6.45, 7) is 0. The fourth-order valence-corrected chi connectivity index (χ4v) is 2.17. The molecule has 1 aliphatic heterocycles. The van der Waals surface area contributed by atoms with E-state index in [0.29, 0.717) is 0 Å². The van der Waals surface area contributed by atoms with E-state index in [0.717, 1.165) is 11.7 Å². The average molecular weight is 121 g/mol. The van der Waals surface area contributed by atoms with Crippen molar-refractivity contribution in [2.75, 3.05) is 0 Å². The van der Waals surface area contributed by atoms with Crippen LogP contribution in [0.2, 0.25) is 12.1 Å². The first-order valence-electron chi connectivity index (χ1n) is 4.30. The molecule has 1 aliphatic carbocycles. The van der Waals surface area contributed by atoms with Crippen molar-refractivity contribution >= 4 is 7.28 Å². The van der Waals surface area contributed by atoms with Crippen molar-refractivity contribution in [3.63, 3.8) is 0 Å². The largest absolute Gasteiger partial charge is 0.114 e. The van der Waals surface area contributed by atoms with Crippen molar-refractivity contribution in [1.82, 2.24) is 0 Å². The van der Waals surface area contributed by atoms with Gasteiger partial charge in [0.05, 0.1) is 0 Å². The monoisotopic (exact) mass is 121 g/mol. The Morgan fingerprint density at radius 1 is 1.00 bits per heavy atom. The smallest absolute Gasteiger partial charge is 0.0776 e. The lowest BCUT2D eigenvalue weighted by Gasteiger charge is -2.34. The van der Waals surface area contributed by atoms with E-state index >= 15 is 0 Å². The molecule has 1 heteroatoms. The summed E-state index contributed by atoms with van der Waals surface area (Å²) in [5.41, 5.74) is 0. The minimum Gasteiger partial charge on any atom is -0.0776 e. The van der Waals surface area contributed by atoms with E-state index in [2.05, 4.69) is 7.28 Å². The average Bonchev–Trinajstić information content (AvgIpc) is 1.94. The third-order valence-electron chi connectivity index (χ3n) is 2.96. The number of hydrogen-bond acceptors (Lipinski definition) is 0. The van der Waals surface area contributed by atoms with Crippen LogP contribution in [0.15, 0.2) is 0 Å². The molecule has 0 spiro atoms. The van der Waals surface area contributed by atoms with Gasteiger partial charge in [0, 0.05) is 0 Å². The van der Waals surface area contributed by atoms with Crippen LogP contribution < -0.4 is 0 Å². The SMILES string of the molecule is [B]1CC2CCCCCC12. The molecule has 2 atom stereocenters. The first-order chi connectivity index (χ1) is 4.47. The van der Waals surface area contributed by atoms with Crippen molar-refractivity contribution in [2.45, 2.75) is 44.2 Å². The molecular weight excluding hydrogens is 107 g/mol. The molecule has 0 aromatic carbocycles. The van der Waals surface area contributed by atoms with E-state index in [-0.39, 0.29) is 0 Å². The summed E-state index contributed by atoms with van der Waals surface area (Å²) in [5.74, 6) is 2.17. The maximum Gasteiger partial charge on any atom is 0.114 e. The normalized spacial score (nSPS) is 41.8. The predicted molar refractivity (Wildman–Crippen MR) is 40.9 cm³/mol. The Kier molecular flexibility index (Phi) is 1.53. The molecule has 2 fully saturated rings. The molecule has 1 saturated heterocycles. The van der Waals surface area contributed by atoms with Crippen LogP contribution in [0.3, 0.4) is 0 Å². The van der Waals surface area contributed by atoms with Crippen LogP contribution in [0, 0.1) is 5.92 Å². The van der Waals surface area contributed by atoms with Crippen molar-refractivity contribution in [3.05, 3.63) is 0 Å². The lowest BCUT2D eigenvalue weighted by atomic mass is 9.41. The van der Waals surface area contributed by atoms with E-state index in [4.69, 9.17) is 0 Å². The Bertz CT molecular complexity index is 88.7. The summed E-state index contributed by atoms with van der Waals surface area (Å²) >= 11 is 0. The minimum atomic E-state index is 1.05. The van der Waals surface area contributed by atoms with Crippen LogP contribution in [0.25, 0.3) is 0 Å². The van der Waals surface area contributed by atoms with Gasteiger partial charge >= 0.3 is 0 Å². The quantitative estimate of drug-likeness (QED) is 0.432. The third kappa shape index (κ3) is 1.02. The van der Waals surface area contributed by atoms with Crippen LogP contribution in [0.1, 0.15) is 32.1 Å². The van der Waals surface area contributed by atoms with Gasteiger partial charge in [0.15, 0.2) is 0 Å². The highest BCUT2D eigenvalue weighted by molar-refractivity contribution is 6.41. The molecule has 2 unspecified atom stereocenters. The molecule has 2 aliphatic rings. The fourth-order valence-electron chi connectivity index (χ4n) is 2.17. The van der Waals surface area contributed by atoms with E-state index < -0.39 is 0 Å². The van der Waals surface area contributed by atoms with Crippen LogP contribution in [-0.2, 0) is 0 Å². The number of rotatable bonds is 0. The van der Waals surface area contributed by atoms with Crippen molar-refractivity contribution in [3.8, 4) is 0 Å². The Morgan fingerprint density at radius 3 is 2.67 bits per heavy atom. The maximum atomic E-state index is 2.52. The Balaban J connectivity index is 1.90. The van der Waals surface area contributed by atoms with Crippen molar-refractivity contribution in [2.24, 2.45) is 5.92 Å². The zero-order chi connectivity index (χ0) is 6.10. The van der Waals surface area contributed by atoms with E-state index in [9.17, 15) is 0 Å². The van der Waals surface area contributed by atoms with Gasteiger partial charge in [-0.25, -0.2) is 0 Å². The maximum absolute atomic E-state index is 2.52. The molecular formula is C8H14B. The second kappa shape index (κ2) is 2.36. The summed E-state index contributed by atoms with van der Waals surface area (Å²) in [6.07, 6.45) is 8.98. The molecule has 1 radical (unpaired) electrons. The first-order valence-corrected chi connectivity index (χ1v) is 4.30. The predicted octanol–water partition coefficient (Wildman–Crippen LogP) is 2.49. The summed E-state index contributed by atoms with van der Waals surface area (Å²) < 4.78 is 0. The van der Waals surface area contributed by atoms with Gasteiger partial charge in [-0.15, -0.1) is 0 Å². The highest BCUT2D eigenvalue weighted by Crippen LogP contribution is 2.43. The minimum absolute atomic E-state index is 1.05. The van der Waals surface area contributed by atoms with Gasteiger partial charge in [0.1, 0.15) is 7.28 Å². The molecule has 1 saturated carbocycles. The second-order valence-corrected chi connectivity index (χ2v) is 3.53. The highest BCUT2D eigenvalue weighted by atomic mass is 14.3. The molecule has 49 valence electrons. The van der Waals surface area contributed by atoms with E-state index in [1.807, 2.05) is 0 Å². The Hall–Kier alpha value is 0.0649. The first kappa shape index (κ1) is 5.82. The van der Waals surface area contributed by atoms with E-state index in [1.165, 1.54) is 38.4 Å². The van der Waals surface area contributed by atoms with Crippen molar-refractivity contribution in [1.29, 1.82) is 0 Å². The lowest BCUT2D eigenvalue weighted by molar-refractivity contribution is 0.451. The molecule has 1 heterocycles. The molecule has 9 heavy (non-hydrogen) atoms. The fraction of sp³-hybridized carbons (Fsp3) is 1.00. The summed E-state index contributed by atoms with van der Waals surface area (Å²) in [5, 5.41) is 0. The van der Waals surface area contributed by atoms with Gasteiger partial charge in [0.25, 0.3) is 0 Å². The van der Waals surface area contributed by atoms with Gasteiger partial charge < -0.3 is 0 Å². The van der Waals surface area contributed by atoms with Gasteiger partial charge in [0.2, 0.25) is 0 Å². The van der Waals surface area contributed by atoms with Gasteiger partial charge in [-0.2, -0.15) is 0 Å². The molecule has 0 bridgehead atoms. The van der Waals surface area contributed by atoms with Crippen LogP contribution in [0.4, 0.5) is 0 Å². The zero-order valence-corrected chi connectivity index (χ0v) is 5.97. The molecule has 2 rings (SSSR count). The number of fused-ring (bicyclic) bond motifs is 1. The third-order valence-corrected chi connectivity index (χ3v) is 2.96. The molecule has 0 amide bonds. The molecule has 0 aromatic heterocycles. The van der Waals surface area contributed by atoms with Crippen molar-refractivity contribution < 1.29 is 0 Å². The zero-order valence-electron chi connectivity index (χ0n) is 5.97. The highest BCUT2D eigenvalue weighted by Gasteiger charge is 2.31. The summed E-state index contributed by atoms with van der Waals surface area (Å²) in [6, 6.07) is 0. The van der Waals surface area contributed by atoms with Gasteiger partial charge in [-0.05, 0) is 0 Å². The van der Waals surface area contributed by atoms with Crippen LogP contribution in [0.5, 0.6) is 0 Å². The second-order valence-electron chi connectivity index (χ2n) is 3.53. The van der Waals surface area contributed by atoms with Crippen LogP contribution in [-0.4, -0.2) is 7.28 Å². The standard InChI is InChI=1S/C8H14B/c1-2-4-7-6-9-8(7)5-3-1/h7-8H,1-6H2. The Labute approximate surface area is 58.3 Å². The Morgan fingerprint density at radius 2 is 1.89 bits per heavy atom.